The summed E-state index contributed by atoms with van der Waals surface area (Å²) in [6.07, 6.45) is 5.28. The minimum atomic E-state index is -1.06. The van der Waals surface area contributed by atoms with Crippen molar-refractivity contribution in [3.63, 3.8) is 0 Å². The second kappa shape index (κ2) is 11.6. The van der Waals surface area contributed by atoms with Gasteiger partial charge in [0.15, 0.2) is 0 Å². The lowest BCUT2D eigenvalue weighted by atomic mass is 9.70. The highest BCUT2D eigenvalue weighted by molar-refractivity contribution is 9.09. The van der Waals surface area contributed by atoms with E-state index in [0.29, 0.717) is 45.4 Å². The molecule has 1 spiro atoms. The van der Waals surface area contributed by atoms with E-state index in [4.69, 9.17) is 4.74 Å². The quantitative estimate of drug-likeness (QED) is 0.215. The molecule has 196 valence electrons. The summed E-state index contributed by atoms with van der Waals surface area (Å²) >= 11 is 3.72. The summed E-state index contributed by atoms with van der Waals surface area (Å²) in [4.78, 5) is 46.8. The van der Waals surface area contributed by atoms with Crippen molar-refractivity contribution in [2.75, 3.05) is 32.8 Å². The van der Waals surface area contributed by atoms with Crippen molar-refractivity contribution in [1.29, 1.82) is 0 Å². The lowest BCUT2D eigenvalue weighted by Gasteiger charge is -2.38. The lowest BCUT2D eigenvalue weighted by molar-refractivity contribution is -0.149. The minimum absolute atomic E-state index is 0.0144. The van der Waals surface area contributed by atoms with Gasteiger partial charge in [-0.05, 0) is 39.5 Å². The zero-order valence-corrected chi connectivity index (χ0v) is 22.8. The molecule has 3 amide bonds. The van der Waals surface area contributed by atoms with E-state index in [0.717, 1.165) is 6.42 Å². The summed E-state index contributed by atoms with van der Waals surface area (Å²) in [5.41, 5.74) is -1.06. The molecule has 9 heteroatoms. The van der Waals surface area contributed by atoms with Crippen LogP contribution < -0.4 is 0 Å². The Bertz CT molecular complexity index is 836. The first-order valence-corrected chi connectivity index (χ1v) is 13.7. The van der Waals surface area contributed by atoms with E-state index in [1.54, 1.807) is 26.9 Å². The van der Waals surface area contributed by atoms with E-state index in [1.165, 1.54) is 0 Å². The summed E-state index contributed by atoms with van der Waals surface area (Å²) in [6, 6.07) is -0.906. The fourth-order valence-corrected chi connectivity index (χ4v) is 7.05. The van der Waals surface area contributed by atoms with Crippen LogP contribution in [0.3, 0.4) is 0 Å². The summed E-state index contributed by atoms with van der Waals surface area (Å²) < 4.78 is 6.58. The summed E-state index contributed by atoms with van der Waals surface area (Å²) in [6.45, 7) is 15.2. The SMILES string of the molecule is C=CCN(CCC)C(=O)[C@H]1[C@@H]2OC3(CC2Br)C(C(=O)N(CC=C)C(C)C)N(CCCCO)C(=O)[C@H]13. The Morgan fingerprint density at radius 2 is 1.94 bits per heavy atom. The Morgan fingerprint density at radius 1 is 1.26 bits per heavy atom. The van der Waals surface area contributed by atoms with Crippen molar-refractivity contribution in [2.24, 2.45) is 11.8 Å². The molecule has 3 rings (SSSR count). The molecule has 2 bridgehead atoms. The van der Waals surface area contributed by atoms with Gasteiger partial charge in [-0.25, -0.2) is 0 Å². The van der Waals surface area contributed by atoms with Crippen molar-refractivity contribution in [3.8, 4) is 0 Å². The third-order valence-electron chi connectivity index (χ3n) is 7.50. The van der Waals surface area contributed by atoms with E-state index in [-0.39, 0.29) is 35.2 Å². The van der Waals surface area contributed by atoms with Gasteiger partial charge in [0.05, 0.1) is 17.9 Å². The molecule has 35 heavy (non-hydrogen) atoms. The van der Waals surface area contributed by atoms with Crippen molar-refractivity contribution in [1.82, 2.24) is 14.7 Å². The average molecular weight is 555 g/mol. The number of carbonyl (C=O) groups excluding carboxylic acids is 3. The number of hydrogen-bond donors (Lipinski definition) is 1. The number of amides is 3. The van der Waals surface area contributed by atoms with Gasteiger partial charge in [-0.1, -0.05) is 35.0 Å². The van der Waals surface area contributed by atoms with Crippen LogP contribution in [0.4, 0.5) is 0 Å². The molecule has 1 N–H and O–H groups in total. The average Bonchev–Trinajstić information content (AvgIpc) is 3.40. The molecule has 0 saturated carbocycles. The van der Waals surface area contributed by atoms with Gasteiger partial charge in [0.2, 0.25) is 17.7 Å². The number of hydrogen-bond acceptors (Lipinski definition) is 5. The van der Waals surface area contributed by atoms with Gasteiger partial charge in [-0.15, -0.1) is 13.2 Å². The van der Waals surface area contributed by atoms with Crippen LogP contribution in [-0.2, 0) is 19.1 Å². The molecule has 3 saturated heterocycles. The van der Waals surface area contributed by atoms with Gasteiger partial charge in [0.1, 0.15) is 11.6 Å². The first-order valence-electron chi connectivity index (χ1n) is 12.7. The van der Waals surface area contributed by atoms with Crippen LogP contribution in [0.15, 0.2) is 25.3 Å². The predicted octanol–water partition coefficient (Wildman–Crippen LogP) is 2.35. The second-order valence-corrected chi connectivity index (χ2v) is 11.2. The summed E-state index contributed by atoms with van der Waals surface area (Å²) in [5.74, 6) is -1.85. The highest BCUT2D eigenvalue weighted by Crippen LogP contribution is 2.60. The third kappa shape index (κ3) is 4.83. The number of halogens is 1. The van der Waals surface area contributed by atoms with Crippen molar-refractivity contribution in [3.05, 3.63) is 25.3 Å². The molecule has 0 aromatic heterocycles. The molecule has 3 aliphatic heterocycles. The number of alkyl halides is 1. The largest absolute Gasteiger partial charge is 0.396 e. The zero-order chi connectivity index (χ0) is 25.9. The Balaban J connectivity index is 2.05. The second-order valence-electron chi connectivity index (χ2n) is 10.1. The number of aliphatic hydroxyl groups is 1. The number of aliphatic hydroxyl groups excluding tert-OH is 1. The number of rotatable bonds is 13. The van der Waals surface area contributed by atoms with Crippen LogP contribution in [0, 0.1) is 11.8 Å². The first-order chi connectivity index (χ1) is 16.7. The molecule has 0 radical (unpaired) electrons. The molecular formula is C26H40BrN3O5. The molecule has 8 nitrogen and oxygen atoms in total. The van der Waals surface area contributed by atoms with E-state index < -0.39 is 29.6 Å². The molecule has 3 heterocycles. The monoisotopic (exact) mass is 553 g/mol. The maximum absolute atomic E-state index is 14.0. The van der Waals surface area contributed by atoms with E-state index >= 15 is 0 Å². The van der Waals surface area contributed by atoms with E-state index in [1.807, 2.05) is 20.8 Å². The number of fused-ring (bicyclic) bond motifs is 1. The Kier molecular flexibility index (Phi) is 9.21. The Morgan fingerprint density at radius 3 is 2.51 bits per heavy atom. The third-order valence-corrected chi connectivity index (χ3v) is 8.35. The summed E-state index contributed by atoms with van der Waals surface area (Å²) in [7, 11) is 0. The molecule has 0 aliphatic carbocycles. The highest BCUT2D eigenvalue weighted by atomic mass is 79.9. The molecular weight excluding hydrogens is 514 g/mol. The lowest BCUT2D eigenvalue weighted by Crippen LogP contribution is -2.58. The highest BCUT2D eigenvalue weighted by Gasteiger charge is 2.76. The van der Waals surface area contributed by atoms with Crippen LogP contribution in [0.2, 0.25) is 0 Å². The van der Waals surface area contributed by atoms with Gasteiger partial charge in [0.25, 0.3) is 0 Å². The summed E-state index contributed by atoms with van der Waals surface area (Å²) in [5, 5.41) is 9.31. The van der Waals surface area contributed by atoms with Crippen LogP contribution >= 0.6 is 15.9 Å². The van der Waals surface area contributed by atoms with Crippen LogP contribution in [-0.4, -0.2) is 98.9 Å². The van der Waals surface area contributed by atoms with Gasteiger partial charge in [-0.2, -0.15) is 0 Å². The van der Waals surface area contributed by atoms with Crippen molar-refractivity contribution < 1.29 is 24.2 Å². The maximum atomic E-state index is 14.0. The maximum Gasteiger partial charge on any atom is 0.248 e. The molecule has 0 aromatic carbocycles. The van der Waals surface area contributed by atoms with E-state index in [9.17, 15) is 19.5 Å². The number of nitrogens with zero attached hydrogens (tertiary/aromatic N) is 3. The zero-order valence-electron chi connectivity index (χ0n) is 21.2. The Labute approximate surface area is 217 Å². The van der Waals surface area contributed by atoms with Crippen LogP contribution in [0.5, 0.6) is 0 Å². The smallest absolute Gasteiger partial charge is 0.248 e. The topological polar surface area (TPSA) is 90.4 Å². The normalized spacial score (nSPS) is 31.1. The number of likely N-dealkylation sites (tertiary alicyclic amines) is 1. The Hall–Kier alpha value is -1.71. The molecule has 3 unspecified atom stereocenters. The minimum Gasteiger partial charge on any atom is -0.396 e. The van der Waals surface area contributed by atoms with Gasteiger partial charge >= 0.3 is 0 Å². The molecule has 3 fully saturated rings. The van der Waals surface area contributed by atoms with Gasteiger partial charge in [0, 0.05) is 43.7 Å². The number of ether oxygens (including phenoxy) is 1. The van der Waals surface area contributed by atoms with Crippen LogP contribution in [0.25, 0.3) is 0 Å². The van der Waals surface area contributed by atoms with Crippen molar-refractivity contribution >= 4 is 33.7 Å². The molecule has 6 atom stereocenters. The van der Waals surface area contributed by atoms with Crippen LogP contribution in [0.1, 0.15) is 46.5 Å². The standard InChI is InChI=1S/C26H40BrN3O5/c1-6-11-28(12-7-2)23(32)19-20-24(33)30(14-9-10-15-31)22(25(34)29(13-8-3)17(4)5)26(20)16-18(27)21(19)35-26/h6,8,17-22,31H,1,3,7,9-16H2,2,4-5H3/t18?,19-,20+,21-,22?,26?/m1/s1. The number of carbonyl (C=O) groups is 3. The predicted molar refractivity (Wildman–Crippen MR) is 138 cm³/mol. The van der Waals surface area contributed by atoms with Crippen molar-refractivity contribution in [2.45, 2.75) is 75.1 Å². The fourth-order valence-electron chi connectivity index (χ4n) is 6.10. The van der Waals surface area contributed by atoms with Gasteiger partial charge < -0.3 is 24.5 Å². The number of unbranched alkanes of at least 4 members (excludes halogenated alkanes) is 1. The fraction of sp³-hybridized carbons (Fsp3) is 0.731. The van der Waals surface area contributed by atoms with E-state index in [2.05, 4.69) is 29.1 Å². The van der Waals surface area contributed by atoms with Gasteiger partial charge in [-0.3, -0.25) is 14.4 Å². The first kappa shape index (κ1) is 27.9. The molecule has 0 aromatic rings. The molecule has 3 aliphatic rings.